The topological polar surface area (TPSA) is 148 Å². The zero-order valence-corrected chi connectivity index (χ0v) is 17.3. The fourth-order valence-electron chi connectivity index (χ4n) is 3.01. The van der Waals surface area contributed by atoms with E-state index in [2.05, 4.69) is 31.1 Å². The second-order valence-electron chi connectivity index (χ2n) is 6.62. The number of ether oxygens (including phenoxy) is 1. The lowest BCUT2D eigenvalue weighted by Crippen LogP contribution is -2.12. The van der Waals surface area contributed by atoms with Gasteiger partial charge in [-0.25, -0.2) is 9.97 Å². The number of anilines is 1. The van der Waals surface area contributed by atoms with Gasteiger partial charge in [-0.3, -0.25) is 9.98 Å². The number of pyridine rings is 1. The van der Waals surface area contributed by atoms with Gasteiger partial charge in [0.15, 0.2) is 0 Å². The van der Waals surface area contributed by atoms with Crippen molar-refractivity contribution in [3.05, 3.63) is 70.7 Å². The van der Waals surface area contributed by atoms with Gasteiger partial charge in [0.2, 0.25) is 5.95 Å². The highest BCUT2D eigenvalue weighted by molar-refractivity contribution is 6.37. The Kier molecular flexibility index (Phi) is 6.98. The highest BCUT2D eigenvalue weighted by atomic mass is 16.5. The monoisotopic (exact) mass is 414 g/mol. The standard InChI is InChI=1S/C22H22N8O/c1-14-15(10-23)5-3-8-18(14)19-9-20(29-22(24)28-19)21(30-25)12-26-11-16-6-4-7-17(27-16)13-31-2/h3-9,12H,11,13,25H2,1-2H3,(H2,24,28,29). The number of methoxy groups -OCH3 is 1. The van der Waals surface area contributed by atoms with Crippen molar-refractivity contribution >= 4 is 17.9 Å². The van der Waals surface area contributed by atoms with Crippen LogP contribution in [0.1, 0.15) is 28.2 Å². The van der Waals surface area contributed by atoms with Gasteiger partial charge in [0, 0.05) is 12.7 Å². The van der Waals surface area contributed by atoms with Gasteiger partial charge < -0.3 is 16.3 Å². The summed E-state index contributed by atoms with van der Waals surface area (Å²) in [6, 6.07) is 15.0. The minimum absolute atomic E-state index is 0.0674. The van der Waals surface area contributed by atoms with Crippen LogP contribution in [0.4, 0.5) is 5.95 Å². The Morgan fingerprint density at radius 3 is 2.68 bits per heavy atom. The third kappa shape index (κ3) is 5.26. The van der Waals surface area contributed by atoms with E-state index in [-0.39, 0.29) is 5.95 Å². The van der Waals surface area contributed by atoms with Crippen molar-refractivity contribution in [3.8, 4) is 17.3 Å². The summed E-state index contributed by atoms with van der Waals surface area (Å²) in [6.07, 6.45) is 1.52. The lowest BCUT2D eigenvalue weighted by Gasteiger charge is -2.09. The molecule has 0 radical (unpaired) electrons. The molecule has 1 aromatic carbocycles. The SMILES string of the molecule is COCc1cccc(CN=CC(=NN)c2cc(-c3cccc(C#N)c3C)nc(N)n2)n1. The Hall–Kier alpha value is -4.16. The molecule has 0 saturated heterocycles. The summed E-state index contributed by atoms with van der Waals surface area (Å²) in [5, 5.41) is 13.1. The first kappa shape index (κ1) is 21.5. The molecule has 0 spiro atoms. The maximum absolute atomic E-state index is 9.29. The first-order valence-electron chi connectivity index (χ1n) is 9.42. The third-order valence-corrected chi connectivity index (χ3v) is 4.50. The molecule has 2 heterocycles. The molecule has 0 unspecified atom stereocenters. The summed E-state index contributed by atoms with van der Waals surface area (Å²) in [5.41, 5.74) is 11.0. The molecule has 0 amide bonds. The van der Waals surface area contributed by atoms with Crippen LogP contribution in [0.5, 0.6) is 0 Å². The zero-order valence-electron chi connectivity index (χ0n) is 17.3. The molecule has 0 bridgehead atoms. The number of benzene rings is 1. The molecule has 9 nitrogen and oxygen atoms in total. The van der Waals surface area contributed by atoms with Crippen LogP contribution in [0.2, 0.25) is 0 Å². The summed E-state index contributed by atoms with van der Waals surface area (Å²) in [5.74, 6) is 5.65. The maximum Gasteiger partial charge on any atom is 0.221 e. The quantitative estimate of drug-likeness (QED) is 0.342. The molecule has 0 aliphatic rings. The largest absolute Gasteiger partial charge is 0.378 e. The molecule has 0 aliphatic heterocycles. The number of nitriles is 1. The summed E-state index contributed by atoms with van der Waals surface area (Å²) in [6.45, 7) is 2.63. The van der Waals surface area contributed by atoms with Crippen LogP contribution in [0.25, 0.3) is 11.3 Å². The number of rotatable bonds is 7. The van der Waals surface area contributed by atoms with E-state index in [0.29, 0.717) is 35.8 Å². The molecule has 0 aliphatic carbocycles. The van der Waals surface area contributed by atoms with Gasteiger partial charge >= 0.3 is 0 Å². The smallest absolute Gasteiger partial charge is 0.221 e. The Balaban J connectivity index is 1.87. The lowest BCUT2D eigenvalue weighted by molar-refractivity contribution is 0.181. The number of nitrogen functional groups attached to an aromatic ring is 1. The number of hydrogen-bond donors (Lipinski definition) is 2. The fourth-order valence-corrected chi connectivity index (χ4v) is 3.01. The Morgan fingerprint density at radius 1 is 1.16 bits per heavy atom. The van der Waals surface area contributed by atoms with Crippen LogP contribution in [0.3, 0.4) is 0 Å². The van der Waals surface area contributed by atoms with E-state index in [1.807, 2.05) is 31.2 Å². The van der Waals surface area contributed by atoms with Crippen molar-refractivity contribution in [1.82, 2.24) is 15.0 Å². The van der Waals surface area contributed by atoms with Crippen LogP contribution in [0.15, 0.2) is 52.6 Å². The normalized spacial score (nSPS) is 11.6. The first-order valence-corrected chi connectivity index (χ1v) is 9.42. The summed E-state index contributed by atoms with van der Waals surface area (Å²) in [7, 11) is 1.62. The minimum Gasteiger partial charge on any atom is -0.378 e. The number of aromatic nitrogens is 3. The fraction of sp³-hybridized carbons (Fsp3) is 0.182. The van der Waals surface area contributed by atoms with Crippen molar-refractivity contribution in [2.24, 2.45) is 15.9 Å². The molecule has 4 N–H and O–H groups in total. The predicted molar refractivity (Wildman–Crippen MR) is 119 cm³/mol. The van der Waals surface area contributed by atoms with Crippen molar-refractivity contribution < 1.29 is 4.74 Å². The van der Waals surface area contributed by atoms with Crippen molar-refractivity contribution in [3.63, 3.8) is 0 Å². The minimum atomic E-state index is 0.0674. The highest BCUT2D eigenvalue weighted by Crippen LogP contribution is 2.25. The molecular formula is C22H22N8O. The number of hydrazone groups is 1. The van der Waals surface area contributed by atoms with Crippen LogP contribution in [0, 0.1) is 18.3 Å². The average molecular weight is 414 g/mol. The lowest BCUT2D eigenvalue weighted by atomic mass is 10.00. The molecule has 0 atom stereocenters. The van der Waals surface area contributed by atoms with E-state index in [4.69, 9.17) is 16.3 Å². The van der Waals surface area contributed by atoms with Crippen molar-refractivity contribution in [1.29, 1.82) is 5.26 Å². The Labute approximate surface area is 180 Å². The van der Waals surface area contributed by atoms with Gasteiger partial charge in [-0.05, 0) is 36.8 Å². The summed E-state index contributed by atoms with van der Waals surface area (Å²) >= 11 is 0. The summed E-state index contributed by atoms with van der Waals surface area (Å²) in [4.78, 5) is 17.4. The number of hydrogen-bond acceptors (Lipinski definition) is 9. The molecule has 31 heavy (non-hydrogen) atoms. The maximum atomic E-state index is 9.29. The van der Waals surface area contributed by atoms with E-state index in [1.165, 1.54) is 6.21 Å². The van der Waals surface area contributed by atoms with E-state index >= 15 is 0 Å². The van der Waals surface area contributed by atoms with Crippen LogP contribution < -0.4 is 11.6 Å². The van der Waals surface area contributed by atoms with E-state index in [9.17, 15) is 5.26 Å². The highest BCUT2D eigenvalue weighted by Gasteiger charge is 2.12. The Morgan fingerprint density at radius 2 is 1.94 bits per heavy atom. The third-order valence-electron chi connectivity index (χ3n) is 4.50. The zero-order chi connectivity index (χ0) is 22.2. The summed E-state index contributed by atoms with van der Waals surface area (Å²) < 4.78 is 5.10. The predicted octanol–water partition coefficient (Wildman–Crippen LogP) is 2.38. The second-order valence-corrected chi connectivity index (χ2v) is 6.62. The average Bonchev–Trinajstić information content (AvgIpc) is 2.77. The molecule has 2 aromatic heterocycles. The first-order chi connectivity index (χ1) is 15.0. The molecule has 0 saturated carbocycles. The molecular weight excluding hydrogens is 392 g/mol. The van der Waals surface area contributed by atoms with E-state index in [0.717, 1.165) is 22.5 Å². The number of nitrogens with zero attached hydrogens (tertiary/aromatic N) is 6. The Bertz CT molecular complexity index is 1180. The van der Waals surface area contributed by atoms with E-state index < -0.39 is 0 Å². The second kappa shape index (κ2) is 10.0. The molecule has 9 heteroatoms. The van der Waals surface area contributed by atoms with Gasteiger partial charge in [-0.2, -0.15) is 10.4 Å². The molecule has 156 valence electrons. The number of nitrogens with two attached hydrogens (primary N) is 2. The van der Waals surface area contributed by atoms with Gasteiger partial charge in [0.05, 0.1) is 53.8 Å². The number of aliphatic imine (C=N–C) groups is 1. The van der Waals surface area contributed by atoms with Crippen LogP contribution in [-0.4, -0.2) is 34.0 Å². The molecule has 3 rings (SSSR count). The van der Waals surface area contributed by atoms with Gasteiger partial charge in [-0.15, -0.1) is 0 Å². The van der Waals surface area contributed by atoms with Crippen molar-refractivity contribution in [2.75, 3.05) is 12.8 Å². The van der Waals surface area contributed by atoms with Gasteiger partial charge in [0.25, 0.3) is 0 Å². The van der Waals surface area contributed by atoms with E-state index in [1.54, 1.807) is 25.3 Å². The van der Waals surface area contributed by atoms with Crippen LogP contribution in [-0.2, 0) is 17.9 Å². The van der Waals surface area contributed by atoms with Gasteiger partial charge in [-0.1, -0.05) is 18.2 Å². The molecule has 3 aromatic rings. The van der Waals surface area contributed by atoms with Crippen LogP contribution >= 0.6 is 0 Å². The van der Waals surface area contributed by atoms with Crippen molar-refractivity contribution in [2.45, 2.75) is 20.1 Å². The van der Waals surface area contributed by atoms with Gasteiger partial charge in [0.1, 0.15) is 5.71 Å². The molecule has 0 fully saturated rings.